The van der Waals surface area contributed by atoms with Gasteiger partial charge >= 0.3 is 0 Å². The molecule has 0 aromatic heterocycles. The Morgan fingerprint density at radius 1 is 1.46 bits per heavy atom. The zero-order valence-corrected chi connectivity index (χ0v) is 9.39. The Morgan fingerprint density at radius 2 is 2.08 bits per heavy atom. The smallest absolute Gasteiger partial charge is 0.0558 e. The predicted molar refractivity (Wildman–Crippen MR) is 57.8 cm³/mol. The van der Waals surface area contributed by atoms with Crippen LogP contribution in [0.1, 0.15) is 12.8 Å². The van der Waals surface area contributed by atoms with Crippen LogP contribution in [0.3, 0.4) is 0 Å². The molecular formula is C9H20N2OS. The summed E-state index contributed by atoms with van der Waals surface area (Å²) in [6.45, 7) is 3.45. The molecule has 13 heavy (non-hydrogen) atoms. The molecule has 0 saturated carbocycles. The highest BCUT2D eigenvalue weighted by Gasteiger charge is 2.21. The molecule has 3 nitrogen and oxygen atoms in total. The van der Waals surface area contributed by atoms with E-state index in [0.29, 0.717) is 6.04 Å². The molecule has 1 aliphatic heterocycles. The maximum atomic E-state index is 8.81. The average Bonchev–Trinajstić information content (AvgIpc) is 2.18. The highest BCUT2D eigenvalue weighted by molar-refractivity contribution is 7.96. The Hall–Kier alpha value is 0.230. The van der Waals surface area contributed by atoms with Gasteiger partial charge in [0.05, 0.1) is 6.61 Å². The Morgan fingerprint density at radius 3 is 2.54 bits per heavy atom. The van der Waals surface area contributed by atoms with Gasteiger partial charge < -0.3 is 10.0 Å². The van der Waals surface area contributed by atoms with Gasteiger partial charge in [0.1, 0.15) is 0 Å². The summed E-state index contributed by atoms with van der Waals surface area (Å²) >= 11 is 1.84. The van der Waals surface area contributed by atoms with Crippen LogP contribution in [-0.4, -0.2) is 59.9 Å². The minimum atomic E-state index is 0.277. The number of likely N-dealkylation sites (N-methyl/N-ethyl adjacent to an activating group) is 1. The second-order valence-corrected chi connectivity index (χ2v) is 4.43. The van der Waals surface area contributed by atoms with Crippen LogP contribution in [0.25, 0.3) is 0 Å². The van der Waals surface area contributed by atoms with Gasteiger partial charge in [0.2, 0.25) is 0 Å². The fraction of sp³-hybridized carbons (Fsp3) is 1.00. The Balaban J connectivity index is 2.23. The van der Waals surface area contributed by atoms with Crippen LogP contribution < -0.4 is 0 Å². The summed E-state index contributed by atoms with van der Waals surface area (Å²) in [7, 11) is 2.11. The van der Waals surface area contributed by atoms with E-state index in [2.05, 4.69) is 22.5 Å². The van der Waals surface area contributed by atoms with Gasteiger partial charge in [-0.1, -0.05) is 11.9 Å². The van der Waals surface area contributed by atoms with E-state index in [1.54, 1.807) is 0 Å². The van der Waals surface area contributed by atoms with Gasteiger partial charge in [-0.05, 0) is 26.1 Å². The average molecular weight is 204 g/mol. The number of nitrogens with zero attached hydrogens (tertiary/aromatic N) is 2. The molecule has 0 radical (unpaired) electrons. The SMILES string of the molecule is CSN1CCC(N(C)CCO)CC1. The minimum Gasteiger partial charge on any atom is -0.395 e. The number of hydrogen-bond donors (Lipinski definition) is 1. The molecule has 0 aromatic carbocycles. The summed E-state index contributed by atoms with van der Waals surface area (Å²) < 4.78 is 2.41. The molecule has 0 aliphatic carbocycles. The number of rotatable bonds is 4. The van der Waals surface area contributed by atoms with Crippen LogP contribution in [0.2, 0.25) is 0 Å². The Bertz CT molecular complexity index is 138. The lowest BCUT2D eigenvalue weighted by molar-refractivity contribution is 0.141. The van der Waals surface area contributed by atoms with E-state index in [1.165, 1.54) is 25.9 Å². The lowest BCUT2D eigenvalue weighted by Crippen LogP contribution is -2.42. The molecule has 0 spiro atoms. The summed E-state index contributed by atoms with van der Waals surface area (Å²) in [6.07, 6.45) is 4.60. The van der Waals surface area contributed by atoms with E-state index >= 15 is 0 Å². The van der Waals surface area contributed by atoms with Crippen LogP contribution in [-0.2, 0) is 0 Å². The van der Waals surface area contributed by atoms with Gasteiger partial charge in [-0.25, -0.2) is 0 Å². The number of aliphatic hydroxyl groups excluding tert-OH is 1. The van der Waals surface area contributed by atoms with E-state index in [9.17, 15) is 0 Å². The molecule has 0 aromatic rings. The van der Waals surface area contributed by atoms with Gasteiger partial charge in [-0.15, -0.1) is 0 Å². The number of aliphatic hydroxyl groups is 1. The molecule has 0 atom stereocenters. The second-order valence-electron chi connectivity index (χ2n) is 3.55. The quantitative estimate of drug-likeness (QED) is 0.680. The van der Waals surface area contributed by atoms with Crippen LogP contribution in [0.15, 0.2) is 0 Å². The monoisotopic (exact) mass is 204 g/mol. The molecule has 4 heteroatoms. The highest BCUT2D eigenvalue weighted by atomic mass is 32.2. The predicted octanol–water partition coefficient (Wildman–Crippen LogP) is 0.653. The van der Waals surface area contributed by atoms with Crippen molar-refractivity contribution in [3.05, 3.63) is 0 Å². The van der Waals surface area contributed by atoms with Crippen molar-refractivity contribution in [2.45, 2.75) is 18.9 Å². The van der Waals surface area contributed by atoms with Gasteiger partial charge in [0.15, 0.2) is 0 Å². The summed E-state index contributed by atoms with van der Waals surface area (Å²) in [5, 5.41) is 8.81. The topological polar surface area (TPSA) is 26.7 Å². The van der Waals surface area contributed by atoms with Gasteiger partial charge in [0, 0.05) is 25.7 Å². The van der Waals surface area contributed by atoms with Crippen LogP contribution in [0.5, 0.6) is 0 Å². The van der Waals surface area contributed by atoms with E-state index < -0.39 is 0 Å². The second kappa shape index (κ2) is 5.86. The van der Waals surface area contributed by atoms with Crippen LogP contribution in [0.4, 0.5) is 0 Å². The third-order valence-corrected chi connectivity index (χ3v) is 3.64. The minimum absolute atomic E-state index is 0.277. The molecule has 1 aliphatic rings. The first-order chi connectivity index (χ1) is 6.27. The molecular weight excluding hydrogens is 184 g/mol. The fourth-order valence-electron chi connectivity index (χ4n) is 1.81. The first kappa shape index (κ1) is 11.3. The highest BCUT2D eigenvalue weighted by Crippen LogP contribution is 2.19. The van der Waals surface area contributed by atoms with E-state index in [-0.39, 0.29) is 6.61 Å². The summed E-state index contributed by atoms with van der Waals surface area (Å²) in [4.78, 5) is 2.28. The molecule has 1 N–H and O–H groups in total. The standard InChI is InChI=1S/C9H20N2OS/c1-10(7-8-12)9-3-5-11(13-2)6-4-9/h9,12H,3-8H2,1-2H3. The summed E-state index contributed by atoms with van der Waals surface area (Å²) in [5.74, 6) is 0. The van der Waals surface area contributed by atoms with Crippen molar-refractivity contribution in [2.24, 2.45) is 0 Å². The third-order valence-electron chi connectivity index (χ3n) is 2.76. The van der Waals surface area contributed by atoms with Crippen molar-refractivity contribution in [1.82, 2.24) is 9.21 Å². The van der Waals surface area contributed by atoms with Crippen molar-refractivity contribution in [3.63, 3.8) is 0 Å². The van der Waals surface area contributed by atoms with Crippen molar-refractivity contribution in [3.8, 4) is 0 Å². The van der Waals surface area contributed by atoms with Crippen LogP contribution in [0, 0.1) is 0 Å². The maximum absolute atomic E-state index is 8.81. The van der Waals surface area contributed by atoms with E-state index in [4.69, 9.17) is 5.11 Å². The van der Waals surface area contributed by atoms with Crippen LogP contribution >= 0.6 is 11.9 Å². The van der Waals surface area contributed by atoms with Gasteiger partial charge in [-0.3, -0.25) is 4.31 Å². The zero-order valence-electron chi connectivity index (χ0n) is 8.57. The molecule has 1 heterocycles. The van der Waals surface area contributed by atoms with Gasteiger partial charge in [0.25, 0.3) is 0 Å². The summed E-state index contributed by atoms with van der Waals surface area (Å²) in [5.41, 5.74) is 0. The lowest BCUT2D eigenvalue weighted by atomic mass is 10.1. The van der Waals surface area contributed by atoms with Gasteiger partial charge in [-0.2, -0.15) is 0 Å². The number of piperidine rings is 1. The zero-order chi connectivity index (χ0) is 9.68. The van der Waals surface area contributed by atoms with Crippen molar-refractivity contribution >= 4 is 11.9 Å². The molecule has 0 unspecified atom stereocenters. The Kier molecular flexibility index (Phi) is 5.09. The molecule has 1 saturated heterocycles. The summed E-state index contributed by atoms with van der Waals surface area (Å²) in [6, 6.07) is 0.676. The molecule has 78 valence electrons. The van der Waals surface area contributed by atoms with Crippen molar-refractivity contribution < 1.29 is 5.11 Å². The van der Waals surface area contributed by atoms with E-state index in [0.717, 1.165) is 6.54 Å². The fourth-order valence-corrected chi connectivity index (χ4v) is 2.38. The molecule has 1 fully saturated rings. The Labute approximate surface area is 85.2 Å². The van der Waals surface area contributed by atoms with Crippen molar-refractivity contribution in [2.75, 3.05) is 39.5 Å². The molecule has 0 bridgehead atoms. The number of hydrogen-bond acceptors (Lipinski definition) is 4. The van der Waals surface area contributed by atoms with Crippen molar-refractivity contribution in [1.29, 1.82) is 0 Å². The molecule has 0 amide bonds. The first-order valence-corrected chi connectivity index (χ1v) is 6.06. The normalized spacial score (nSPS) is 21.2. The lowest BCUT2D eigenvalue weighted by Gasteiger charge is -2.35. The largest absolute Gasteiger partial charge is 0.395 e. The maximum Gasteiger partial charge on any atom is 0.0558 e. The third kappa shape index (κ3) is 3.46. The molecule has 1 rings (SSSR count). The first-order valence-electron chi connectivity index (χ1n) is 4.88. The van der Waals surface area contributed by atoms with E-state index in [1.807, 2.05) is 11.9 Å².